The molecule has 1 aliphatic rings. The molecule has 0 spiro atoms. The molecule has 0 unspecified atom stereocenters. The van der Waals surface area contributed by atoms with Gasteiger partial charge in [-0.15, -0.1) is 47.0 Å². The Hall–Kier alpha value is 0.140. The summed E-state index contributed by atoms with van der Waals surface area (Å²) in [5.74, 6) is 3.16. The molecular weight excluding hydrogens is 915 g/mol. The van der Waals surface area contributed by atoms with Gasteiger partial charge in [0.15, 0.2) is 0 Å². The minimum Gasteiger partial charge on any atom is -0.465 e. The highest BCUT2D eigenvalue weighted by Gasteiger charge is 2.22. The maximum absolute atomic E-state index is 12.9. The summed E-state index contributed by atoms with van der Waals surface area (Å²) in [6, 6.07) is 0.591. The van der Waals surface area contributed by atoms with Crippen LogP contribution in [0, 0.1) is 0 Å². The first-order valence-corrected chi connectivity index (χ1v) is 31.5. The number of hydrogen-bond donors (Lipinski definition) is 0. The summed E-state index contributed by atoms with van der Waals surface area (Å²) in [7, 11) is 0. The number of piperazine rings is 1. The summed E-state index contributed by atoms with van der Waals surface area (Å²) in [5, 5.41) is 0. The predicted molar refractivity (Wildman–Crippen MR) is 299 cm³/mol. The molecule has 13 heteroatoms. The Kier molecular flexibility index (Phi) is 43.6. The van der Waals surface area contributed by atoms with Crippen LogP contribution in [0.1, 0.15) is 203 Å². The topological polar surface area (TPSA) is 80.8 Å². The van der Waals surface area contributed by atoms with E-state index in [0.717, 1.165) is 95.1 Å². The Bertz CT molecular complexity index is 1060. The van der Waals surface area contributed by atoms with E-state index in [1.807, 2.05) is 47.0 Å². The van der Waals surface area contributed by atoms with Crippen LogP contribution < -0.4 is 0 Å². The van der Waals surface area contributed by atoms with Crippen LogP contribution in [0.4, 0.5) is 0 Å². The molecule has 1 saturated heterocycles. The van der Waals surface area contributed by atoms with Crippen LogP contribution in [0.5, 0.6) is 0 Å². The minimum atomic E-state index is -0.165. The molecule has 1 fully saturated rings. The van der Waals surface area contributed by atoms with Gasteiger partial charge < -0.3 is 28.7 Å². The Morgan fingerprint density at radius 2 is 0.836 bits per heavy atom. The summed E-state index contributed by atoms with van der Waals surface area (Å²) in [4.78, 5) is 33.1. The average Bonchev–Trinajstić information content (AvgIpc) is 3.30. The lowest BCUT2D eigenvalue weighted by Gasteiger charge is -2.37. The monoisotopic (exact) mass is 1020 g/mol. The van der Waals surface area contributed by atoms with Crippen molar-refractivity contribution in [2.24, 2.45) is 0 Å². The van der Waals surface area contributed by atoms with Crippen molar-refractivity contribution >= 4 is 59.0 Å². The van der Waals surface area contributed by atoms with Crippen molar-refractivity contribution in [1.82, 2.24) is 14.7 Å². The molecule has 0 radical (unpaired) electrons. The SMILES string of the molecule is CCCCCCCCCCCCOCCSC(C)(C)SCCOC(=O)CCN(CCCN1CCN(C(C)C)CC1)CCC(=O)OCCSC(C)(C)SCCOCCCCCCCCCCCC. The van der Waals surface area contributed by atoms with Crippen molar-refractivity contribution < 1.29 is 28.5 Å². The molecule has 0 aromatic rings. The van der Waals surface area contributed by atoms with E-state index in [2.05, 4.69) is 70.1 Å². The molecule has 1 aliphatic heterocycles. The van der Waals surface area contributed by atoms with Crippen molar-refractivity contribution in [3.8, 4) is 0 Å². The van der Waals surface area contributed by atoms with E-state index in [1.165, 1.54) is 128 Å². The van der Waals surface area contributed by atoms with E-state index < -0.39 is 0 Å². The molecule has 0 saturated carbocycles. The van der Waals surface area contributed by atoms with E-state index in [0.29, 0.717) is 45.2 Å². The van der Waals surface area contributed by atoms with Crippen LogP contribution in [-0.2, 0) is 28.5 Å². The Morgan fingerprint density at radius 3 is 1.21 bits per heavy atom. The van der Waals surface area contributed by atoms with Gasteiger partial charge in [0.1, 0.15) is 13.2 Å². The molecule has 0 aromatic carbocycles. The van der Waals surface area contributed by atoms with E-state index in [1.54, 1.807) is 0 Å². The zero-order chi connectivity index (χ0) is 49.1. The summed E-state index contributed by atoms with van der Waals surface area (Å²) >= 11 is 7.52. The second kappa shape index (κ2) is 44.8. The van der Waals surface area contributed by atoms with Crippen LogP contribution in [0.2, 0.25) is 0 Å². The molecule has 398 valence electrons. The number of carbonyl (C=O) groups excluding carboxylic acids is 2. The molecule has 67 heavy (non-hydrogen) atoms. The fourth-order valence-electron chi connectivity index (χ4n) is 8.25. The Morgan fingerprint density at radius 1 is 0.478 bits per heavy atom. The smallest absolute Gasteiger partial charge is 0.307 e. The molecule has 0 aromatic heterocycles. The van der Waals surface area contributed by atoms with Crippen LogP contribution >= 0.6 is 47.0 Å². The van der Waals surface area contributed by atoms with E-state index in [9.17, 15) is 9.59 Å². The van der Waals surface area contributed by atoms with E-state index in [-0.39, 0.29) is 20.1 Å². The number of rotatable bonds is 49. The minimum absolute atomic E-state index is 0.0363. The molecule has 0 amide bonds. The lowest BCUT2D eigenvalue weighted by molar-refractivity contribution is -0.143. The van der Waals surface area contributed by atoms with Crippen LogP contribution in [0.15, 0.2) is 0 Å². The summed E-state index contributed by atoms with van der Waals surface area (Å²) in [6.07, 6.45) is 28.6. The fourth-order valence-corrected chi connectivity index (χ4v) is 12.6. The number of hydrogen-bond acceptors (Lipinski definition) is 13. The van der Waals surface area contributed by atoms with Crippen LogP contribution in [-0.4, -0.2) is 156 Å². The molecule has 0 N–H and O–H groups in total. The van der Waals surface area contributed by atoms with Crippen molar-refractivity contribution in [3.05, 3.63) is 0 Å². The molecule has 9 nitrogen and oxygen atoms in total. The van der Waals surface area contributed by atoms with Gasteiger partial charge in [-0.2, -0.15) is 0 Å². The molecule has 1 rings (SSSR count). The first-order chi connectivity index (χ1) is 32.4. The normalized spacial score (nSPS) is 14.2. The zero-order valence-corrected chi connectivity index (χ0v) is 48.3. The quantitative estimate of drug-likeness (QED) is 0.0330. The van der Waals surface area contributed by atoms with Gasteiger partial charge in [-0.1, -0.05) is 129 Å². The lowest BCUT2D eigenvalue weighted by atomic mass is 10.1. The van der Waals surface area contributed by atoms with Crippen LogP contribution in [0.25, 0.3) is 0 Å². The maximum atomic E-state index is 12.9. The molecular formula is C54H107N3O6S4. The highest BCUT2D eigenvalue weighted by molar-refractivity contribution is 8.18. The third-order valence-electron chi connectivity index (χ3n) is 12.6. The van der Waals surface area contributed by atoms with Gasteiger partial charge in [-0.3, -0.25) is 14.5 Å². The standard InChI is InChI=1S/C54H107N3O6S4/c1-9-11-13-15-17-19-21-23-25-27-40-60-42-46-64-53(5,6)66-48-44-62-51(58)30-34-55(32-29-33-56-36-38-57(39-37-56)50(3)4)35-31-52(59)63-45-49-67-54(7,8)65-47-43-61-41-28-26-24-22-20-18-16-14-12-10-2/h50H,9-49H2,1-8H3. The molecule has 1 heterocycles. The van der Waals surface area contributed by atoms with Crippen molar-refractivity contribution in [3.63, 3.8) is 0 Å². The molecule has 0 atom stereocenters. The van der Waals surface area contributed by atoms with Crippen molar-refractivity contribution in [2.45, 2.75) is 217 Å². The summed E-state index contributed by atoms with van der Waals surface area (Å²) in [5.41, 5.74) is 0. The zero-order valence-electron chi connectivity index (χ0n) is 45.0. The number of thioether (sulfide) groups is 4. The van der Waals surface area contributed by atoms with Gasteiger partial charge >= 0.3 is 11.9 Å². The second-order valence-electron chi connectivity index (χ2n) is 19.9. The first-order valence-electron chi connectivity index (χ1n) is 27.6. The maximum Gasteiger partial charge on any atom is 0.307 e. The number of esters is 2. The fraction of sp³-hybridized carbons (Fsp3) is 0.963. The van der Waals surface area contributed by atoms with Gasteiger partial charge in [0.25, 0.3) is 0 Å². The first kappa shape index (κ1) is 65.2. The van der Waals surface area contributed by atoms with Gasteiger partial charge in [-0.05, 0) is 73.9 Å². The van der Waals surface area contributed by atoms with E-state index >= 15 is 0 Å². The number of carbonyl (C=O) groups is 2. The van der Waals surface area contributed by atoms with E-state index in [4.69, 9.17) is 18.9 Å². The summed E-state index contributed by atoms with van der Waals surface area (Å²) in [6.45, 7) is 29.7. The lowest BCUT2D eigenvalue weighted by Crippen LogP contribution is -2.49. The third kappa shape index (κ3) is 42.4. The average molecular weight is 1020 g/mol. The number of ether oxygens (including phenoxy) is 4. The number of unbranched alkanes of at least 4 members (excludes halogenated alkanes) is 18. The largest absolute Gasteiger partial charge is 0.465 e. The van der Waals surface area contributed by atoms with Gasteiger partial charge in [0, 0.05) is 81.5 Å². The predicted octanol–water partition coefficient (Wildman–Crippen LogP) is 13.9. The van der Waals surface area contributed by atoms with Gasteiger partial charge in [-0.25, -0.2) is 0 Å². The highest BCUT2D eigenvalue weighted by atomic mass is 32.2. The van der Waals surface area contributed by atoms with Gasteiger partial charge in [0.2, 0.25) is 0 Å². The third-order valence-corrected chi connectivity index (χ3v) is 18.3. The summed E-state index contributed by atoms with van der Waals surface area (Å²) < 4.78 is 23.3. The highest BCUT2D eigenvalue weighted by Crippen LogP contribution is 2.37. The number of nitrogens with zero attached hydrogens (tertiary/aromatic N) is 3. The molecule has 0 aliphatic carbocycles. The Labute approximate surface area is 432 Å². The van der Waals surface area contributed by atoms with Crippen molar-refractivity contribution in [2.75, 3.05) is 115 Å². The Balaban J connectivity index is 2.29. The second-order valence-corrected chi connectivity index (χ2v) is 27.3. The van der Waals surface area contributed by atoms with Crippen LogP contribution in [0.3, 0.4) is 0 Å². The van der Waals surface area contributed by atoms with Gasteiger partial charge in [0.05, 0.1) is 34.2 Å². The molecule has 0 bridgehead atoms. The van der Waals surface area contributed by atoms with Crippen molar-refractivity contribution in [1.29, 1.82) is 0 Å².